The Morgan fingerprint density at radius 2 is 2.00 bits per heavy atom. The average Bonchev–Trinajstić information content (AvgIpc) is 2.52. The van der Waals surface area contributed by atoms with E-state index in [1.165, 1.54) is 12.1 Å². The number of aromatic hydroxyl groups is 1. The average molecular weight is 285 g/mol. The van der Waals surface area contributed by atoms with Crippen LogP contribution in [0.1, 0.15) is 28.8 Å². The second-order valence-electron chi connectivity index (χ2n) is 4.90. The minimum atomic E-state index is -0.201. The Bertz CT molecular complexity index is 625. The summed E-state index contributed by atoms with van der Waals surface area (Å²) < 4.78 is 5.33. The number of methoxy groups -OCH3 is 1. The largest absolute Gasteiger partial charge is 0.508 e. The van der Waals surface area contributed by atoms with Gasteiger partial charge in [0.2, 0.25) is 0 Å². The van der Waals surface area contributed by atoms with Crippen molar-refractivity contribution >= 4 is 5.91 Å². The van der Waals surface area contributed by atoms with E-state index in [2.05, 4.69) is 5.32 Å². The fraction of sp³-hybridized carbons (Fsp3) is 0.235. The molecule has 2 aromatic rings. The van der Waals surface area contributed by atoms with Gasteiger partial charge in [-0.05, 0) is 29.8 Å². The minimum Gasteiger partial charge on any atom is -0.508 e. The number of phenolic OH excluding ortho intramolecular Hbond substituents is 1. The van der Waals surface area contributed by atoms with Gasteiger partial charge in [0.25, 0.3) is 5.91 Å². The van der Waals surface area contributed by atoms with E-state index in [1.807, 2.05) is 31.2 Å². The molecule has 0 aliphatic rings. The first-order valence-electron chi connectivity index (χ1n) is 6.82. The third-order valence-electron chi connectivity index (χ3n) is 3.35. The molecule has 0 bridgehead atoms. The zero-order valence-corrected chi connectivity index (χ0v) is 12.2. The van der Waals surface area contributed by atoms with Crippen LogP contribution in [0.2, 0.25) is 0 Å². The Kier molecular flexibility index (Phi) is 4.82. The highest BCUT2D eigenvalue weighted by Crippen LogP contribution is 2.25. The van der Waals surface area contributed by atoms with Crippen LogP contribution in [0.15, 0.2) is 48.5 Å². The Morgan fingerprint density at radius 3 is 2.71 bits per heavy atom. The molecule has 0 aliphatic carbocycles. The van der Waals surface area contributed by atoms with Crippen LogP contribution in [0.5, 0.6) is 11.5 Å². The van der Waals surface area contributed by atoms with Crippen LogP contribution in [0, 0.1) is 0 Å². The fourth-order valence-corrected chi connectivity index (χ4v) is 2.18. The van der Waals surface area contributed by atoms with Gasteiger partial charge in [0, 0.05) is 18.0 Å². The quantitative estimate of drug-likeness (QED) is 0.888. The minimum absolute atomic E-state index is 0.0837. The predicted molar refractivity (Wildman–Crippen MR) is 81.8 cm³/mol. The van der Waals surface area contributed by atoms with Crippen molar-refractivity contribution in [2.45, 2.75) is 12.8 Å². The molecule has 0 aromatic heterocycles. The molecule has 0 radical (unpaired) electrons. The molecular weight excluding hydrogens is 266 g/mol. The van der Waals surface area contributed by atoms with Crippen LogP contribution in [0.4, 0.5) is 0 Å². The molecular formula is C17H19NO3. The second-order valence-corrected chi connectivity index (χ2v) is 4.90. The predicted octanol–water partition coefficient (Wildman–Crippen LogP) is 2.93. The zero-order valence-electron chi connectivity index (χ0n) is 12.2. The number of amides is 1. The number of para-hydroxylation sites is 1. The molecule has 0 fully saturated rings. The zero-order chi connectivity index (χ0) is 15.2. The van der Waals surface area contributed by atoms with Gasteiger partial charge in [-0.3, -0.25) is 4.79 Å². The van der Waals surface area contributed by atoms with Gasteiger partial charge in [-0.1, -0.05) is 31.2 Å². The molecule has 2 aromatic carbocycles. The van der Waals surface area contributed by atoms with Gasteiger partial charge in [-0.15, -0.1) is 0 Å². The van der Waals surface area contributed by atoms with Crippen LogP contribution >= 0.6 is 0 Å². The summed E-state index contributed by atoms with van der Waals surface area (Å²) in [4.78, 5) is 12.0. The van der Waals surface area contributed by atoms with Crippen molar-refractivity contribution in [3.05, 3.63) is 59.7 Å². The van der Waals surface area contributed by atoms with Crippen LogP contribution in [0.3, 0.4) is 0 Å². The van der Waals surface area contributed by atoms with Crippen molar-refractivity contribution < 1.29 is 14.6 Å². The lowest BCUT2D eigenvalue weighted by molar-refractivity contribution is 0.0951. The molecule has 1 amide bonds. The fourth-order valence-electron chi connectivity index (χ4n) is 2.18. The van der Waals surface area contributed by atoms with Crippen molar-refractivity contribution in [2.75, 3.05) is 13.7 Å². The second kappa shape index (κ2) is 6.79. The standard InChI is InChI=1S/C17H19NO3/c1-12(15-8-3-4-9-16(15)21-2)11-18-17(20)13-6-5-7-14(19)10-13/h3-10,12,19H,11H2,1-2H3,(H,18,20)/t12-/m1/s1. The molecule has 0 aliphatic heterocycles. The van der Waals surface area contributed by atoms with E-state index in [9.17, 15) is 9.90 Å². The lowest BCUT2D eigenvalue weighted by Crippen LogP contribution is -2.27. The van der Waals surface area contributed by atoms with E-state index < -0.39 is 0 Å². The summed E-state index contributed by atoms with van der Waals surface area (Å²) >= 11 is 0. The van der Waals surface area contributed by atoms with E-state index in [-0.39, 0.29) is 17.6 Å². The first kappa shape index (κ1) is 14.9. The van der Waals surface area contributed by atoms with E-state index >= 15 is 0 Å². The summed E-state index contributed by atoms with van der Waals surface area (Å²) in [5.41, 5.74) is 1.50. The number of ether oxygens (including phenoxy) is 1. The number of hydrogen-bond donors (Lipinski definition) is 2. The van der Waals surface area contributed by atoms with E-state index in [4.69, 9.17) is 4.74 Å². The summed E-state index contributed by atoms with van der Waals surface area (Å²) in [5.74, 6) is 0.826. The van der Waals surface area contributed by atoms with Gasteiger partial charge in [-0.25, -0.2) is 0 Å². The monoisotopic (exact) mass is 285 g/mol. The Hall–Kier alpha value is -2.49. The molecule has 2 rings (SSSR count). The number of carbonyl (C=O) groups is 1. The Balaban J connectivity index is 2.01. The number of hydrogen-bond acceptors (Lipinski definition) is 3. The van der Waals surface area contributed by atoms with Gasteiger partial charge in [0.15, 0.2) is 0 Å². The topological polar surface area (TPSA) is 58.6 Å². The third kappa shape index (κ3) is 3.75. The number of rotatable bonds is 5. The van der Waals surface area contributed by atoms with E-state index in [1.54, 1.807) is 19.2 Å². The van der Waals surface area contributed by atoms with E-state index in [0.29, 0.717) is 12.1 Å². The third-order valence-corrected chi connectivity index (χ3v) is 3.35. The molecule has 4 nitrogen and oxygen atoms in total. The summed E-state index contributed by atoms with van der Waals surface area (Å²) in [6, 6.07) is 14.1. The van der Waals surface area contributed by atoms with Gasteiger partial charge in [-0.2, -0.15) is 0 Å². The molecule has 0 saturated heterocycles. The maximum absolute atomic E-state index is 12.0. The first-order chi connectivity index (χ1) is 10.1. The molecule has 2 N–H and O–H groups in total. The van der Waals surface area contributed by atoms with Crippen LogP contribution in [0.25, 0.3) is 0 Å². The van der Waals surface area contributed by atoms with Gasteiger partial charge in [0.1, 0.15) is 11.5 Å². The van der Waals surface area contributed by atoms with Crippen molar-refractivity contribution in [1.82, 2.24) is 5.32 Å². The normalized spacial score (nSPS) is 11.7. The van der Waals surface area contributed by atoms with Crippen molar-refractivity contribution in [1.29, 1.82) is 0 Å². The van der Waals surface area contributed by atoms with Gasteiger partial charge in [0.05, 0.1) is 7.11 Å². The summed E-state index contributed by atoms with van der Waals surface area (Å²) in [6.45, 7) is 2.52. The van der Waals surface area contributed by atoms with Crippen LogP contribution in [-0.2, 0) is 0 Å². The molecule has 0 heterocycles. The summed E-state index contributed by atoms with van der Waals surface area (Å²) in [5, 5.41) is 12.3. The van der Waals surface area contributed by atoms with E-state index in [0.717, 1.165) is 11.3 Å². The first-order valence-corrected chi connectivity index (χ1v) is 6.82. The lowest BCUT2D eigenvalue weighted by atomic mass is 10.00. The number of carbonyl (C=O) groups excluding carboxylic acids is 1. The van der Waals surface area contributed by atoms with Crippen molar-refractivity contribution in [3.63, 3.8) is 0 Å². The number of benzene rings is 2. The molecule has 0 unspecified atom stereocenters. The smallest absolute Gasteiger partial charge is 0.251 e. The Labute approximate surface area is 124 Å². The molecule has 4 heteroatoms. The highest BCUT2D eigenvalue weighted by atomic mass is 16.5. The lowest BCUT2D eigenvalue weighted by Gasteiger charge is -2.16. The molecule has 21 heavy (non-hydrogen) atoms. The van der Waals surface area contributed by atoms with Crippen LogP contribution < -0.4 is 10.1 Å². The summed E-state index contributed by atoms with van der Waals surface area (Å²) in [7, 11) is 1.64. The molecule has 1 atom stereocenters. The molecule has 0 spiro atoms. The SMILES string of the molecule is COc1ccccc1[C@H](C)CNC(=O)c1cccc(O)c1. The highest BCUT2D eigenvalue weighted by molar-refractivity contribution is 5.94. The van der Waals surface area contributed by atoms with Crippen molar-refractivity contribution in [3.8, 4) is 11.5 Å². The maximum atomic E-state index is 12.0. The summed E-state index contributed by atoms with van der Waals surface area (Å²) in [6.07, 6.45) is 0. The molecule has 110 valence electrons. The van der Waals surface area contributed by atoms with Crippen LogP contribution in [-0.4, -0.2) is 24.7 Å². The van der Waals surface area contributed by atoms with Crippen molar-refractivity contribution in [2.24, 2.45) is 0 Å². The van der Waals surface area contributed by atoms with Gasteiger partial charge < -0.3 is 15.2 Å². The maximum Gasteiger partial charge on any atom is 0.251 e. The number of nitrogens with one attached hydrogen (secondary N) is 1. The highest BCUT2D eigenvalue weighted by Gasteiger charge is 2.13. The number of phenols is 1. The Morgan fingerprint density at radius 1 is 1.24 bits per heavy atom. The van der Waals surface area contributed by atoms with Gasteiger partial charge >= 0.3 is 0 Å². The molecule has 0 saturated carbocycles.